The second-order valence-electron chi connectivity index (χ2n) is 3.34. The lowest BCUT2D eigenvalue weighted by molar-refractivity contribution is 0.281. The topological polar surface area (TPSA) is 35.9 Å². The van der Waals surface area contributed by atoms with Gasteiger partial charge in [-0.15, -0.1) is 4.91 Å². The van der Waals surface area contributed by atoms with E-state index in [-0.39, 0.29) is 0 Å². The summed E-state index contributed by atoms with van der Waals surface area (Å²) in [6, 6.07) is 0. The highest BCUT2D eigenvalue weighted by Crippen LogP contribution is 2.14. The lowest BCUT2D eigenvalue weighted by atomic mass is 10.1. The molecule has 0 radical (unpaired) electrons. The van der Waals surface area contributed by atoms with Gasteiger partial charge in [-0.3, -0.25) is 5.01 Å². The van der Waals surface area contributed by atoms with Gasteiger partial charge in [0.25, 0.3) is 0 Å². The molecule has 1 aliphatic heterocycles. The first-order valence-corrected chi connectivity index (χ1v) is 3.95. The van der Waals surface area contributed by atoms with Gasteiger partial charge in [0, 0.05) is 20.1 Å². The Morgan fingerprint density at radius 1 is 1.73 bits per heavy atom. The van der Waals surface area contributed by atoms with Crippen molar-refractivity contribution < 1.29 is 0 Å². The quantitative estimate of drug-likeness (QED) is 0.443. The minimum absolute atomic E-state index is 0.627. The van der Waals surface area contributed by atoms with Crippen molar-refractivity contribution in [2.75, 3.05) is 33.7 Å². The molecule has 1 rings (SSSR count). The van der Waals surface area contributed by atoms with E-state index in [0.717, 1.165) is 19.6 Å². The molecule has 0 bridgehead atoms. The van der Waals surface area contributed by atoms with Gasteiger partial charge in [-0.2, -0.15) is 0 Å². The van der Waals surface area contributed by atoms with Crippen LogP contribution in [0.1, 0.15) is 6.42 Å². The molecule has 0 saturated carbocycles. The number of nitroso groups, excluding NO2 is 1. The van der Waals surface area contributed by atoms with Gasteiger partial charge in [-0.25, -0.2) is 0 Å². The van der Waals surface area contributed by atoms with E-state index in [0.29, 0.717) is 5.92 Å². The van der Waals surface area contributed by atoms with Crippen LogP contribution in [0.4, 0.5) is 0 Å². The molecular formula is C7H15N3O. The molecule has 4 heteroatoms. The maximum absolute atomic E-state index is 10.0. The zero-order chi connectivity index (χ0) is 8.27. The van der Waals surface area contributed by atoms with E-state index in [4.69, 9.17) is 0 Å². The molecular weight excluding hydrogens is 142 g/mol. The van der Waals surface area contributed by atoms with Crippen LogP contribution in [-0.4, -0.2) is 43.6 Å². The van der Waals surface area contributed by atoms with E-state index in [1.165, 1.54) is 11.4 Å². The van der Waals surface area contributed by atoms with Crippen LogP contribution >= 0.6 is 0 Å². The molecule has 4 nitrogen and oxygen atoms in total. The van der Waals surface area contributed by atoms with Gasteiger partial charge in [0.1, 0.15) is 0 Å². The number of rotatable bonds is 3. The fourth-order valence-corrected chi connectivity index (χ4v) is 1.58. The fraction of sp³-hybridized carbons (Fsp3) is 1.00. The molecule has 1 unspecified atom stereocenters. The summed E-state index contributed by atoms with van der Waals surface area (Å²) in [5.41, 5.74) is 0. The van der Waals surface area contributed by atoms with Crippen LogP contribution in [0, 0.1) is 10.8 Å². The maximum Gasteiger partial charge on any atom is 0.0521 e. The number of hydrogen-bond donors (Lipinski definition) is 0. The van der Waals surface area contributed by atoms with Crippen LogP contribution in [-0.2, 0) is 0 Å². The van der Waals surface area contributed by atoms with E-state index in [2.05, 4.69) is 17.2 Å². The minimum Gasteiger partial charge on any atom is -0.306 e. The van der Waals surface area contributed by atoms with E-state index in [1.807, 2.05) is 0 Å². The third-order valence-electron chi connectivity index (χ3n) is 2.15. The van der Waals surface area contributed by atoms with Gasteiger partial charge < -0.3 is 4.90 Å². The Morgan fingerprint density at radius 3 is 2.91 bits per heavy atom. The van der Waals surface area contributed by atoms with Crippen molar-refractivity contribution in [3.8, 4) is 0 Å². The molecule has 0 aromatic rings. The summed E-state index contributed by atoms with van der Waals surface area (Å²) in [6.45, 7) is 3.05. The molecule has 0 N–H and O–H groups in total. The Balaban J connectivity index is 2.22. The van der Waals surface area contributed by atoms with Gasteiger partial charge >= 0.3 is 0 Å². The molecule has 1 atom stereocenters. The highest BCUT2D eigenvalue weighted by Gasteiger charge is 2.20. The summed E-state index contributed by atoms with van der Waals surface area (Å²) in [5, 5.41) is 4.32. The highest BCUT2D eigenvalue weighted by molar-refractivity contribution is 4.74. The molecule has 1 saturated heterocycles. The Kier molecular flexibility index (Phi) is 2.82. The van der Waals surface area contributed by atoms with Crippen molar-refractivity contribution in [3.63, 3.8) is 0 Å². The summed E-state index contributed by atoms with van der Waals surface area (Å²) < 4.78 is 0. The first kappa shape index (κ1) is 8.46. The molecule has 64 valence electrons. The minimum atomic E-state index is 0.627. The third-order valence-corrected chi connectivity index (χ3v) is 2.15. The Bertz CT molecular complexity index is 140. The maximum atomic E-state index is 10.0. The number of likely N-dealkylation sites (tertiary alicyclic amines) is 1. The SMILES string of the molecule is CN1CCC(CN(C)N=O)C1. The average molecular weight is 157 g/mol. The monoisotopic (exact) mass is 157 g/mol. The van der Waals surface area contributed by atoms with Crippen LogP contribution in [0.5, 0.6) is 0 Å². The second-order valence-corrected chi connectivity index (χ2v) is 3.34. The van der Waals surface area contributed by atoms with Crippen LogP contribution in [0.3, 0.4) is 0 Å². The van der Waals surface area contributed by atoms with Crippen molar-refractivity contribution in [2.24, 2.45) is 11.2 Å². The third kappa shape index (κ3) is 2.46. The molecule has 0 aromatic heterocycles. The van der Waals surface area contributed by atoms with Crippen molar-refractivity contribution in [3.05, 3.63) is 4.91 Å². The summed E-state index contributed by atoms with van der Waals surface area (Å²) >= 11 is 0. The summed E-state index contributed by atoms with van der Waals surface area (Å²) in [6.07, 6.45) is 1.19. The number of hydrogen-bond acceptors (Lipinski definition) is 3. The normalized spacial score (nSPS) is 25.5. The molecule has 0 aliphatic carbocycles. The van der Waals surface area contributed by atoms with Crippen molar-refractivity contribution in [1.82, 2.24) is 9.91 Å². The van der Waals surface area contributed by atoms with Gasteiger partial charge in [0.05, 0.1) is 5.29 Å². The van der Waals surface area contributed by atoms with Crippen molar-refractivity contribution in [1.29, 1.82) is 0 Å². The zero-order valence-corrected chi connectivity index (χ0v) is 7.16. The van der Waals surface area contributed by atoms with Gasteiger partial charge in [0.15, 0.2) is 0 Å². The van der Waals surface area contributed by atoms with Crippen LogP contribution in [0.15, 0.2) is 5.29 Å². The molecule has 1 heterocycles. The Morgan fingerprint density at radius 2 is 2.45 bits per heavy atom. The molecule has 11 heavy (non-hydrogen) atoms. The Hall–Kier alpha value is -0.640. The Labute approximate surface area is 67.1 Å². The van der Waals surface area contributed by atoms with E-state index in [1.54, 1.807) is 7.05 Å². The molecule has 1 fully saturated rings. The smallest absolute Gasteiger partial charge is 0.0521 e. The van der Waals surface area contributed by atoms with Crippen molar-refractivity contribution >= 4 is 0 Å². The fourth-order valence-electron chi connectivity index (χ4n) is 1.58. The average Bonchev–Trinajstić information content (AvgIpc) is 2.35. The van der Waals surface area contributed by atoms with Crippen LogP contribution in [0.2, 0.25) is 0 Å². The molecule has 0 spiro atoms. The van der Waals surface area contributed by atoms with Gasteiger partial charge in [-0.1, -0.05) is 0 Å². The first-order valence-electron chi connectivity index (χ1n) is 3.95. The summed E-state index contributed by atoms with van der Waals surface area (Å²) in [4.78, 5) is 12.3. The summed E-state index contributed by atoms with van der Waals surface area (Å²) in [7, 11) is 3.83. The van der Waals surface area contributed by atoms with Gasteiger partial charge in [-0.05, 0) is 25.9 Å². The van der Waals surface area contributed by atoms with Crippen LogP contribution < -0.4 is 0 Å². The van der Waals surface area contributed by atoms with Crippen LogP contribution in [0.25, 0.3) is 0 Å². The zero-order valence-electron chi connectivity index (χ0n) is 7.16. The van der Waals surface area contributed by atoms with E-state index < -0.39 is 0 Å². The second kappa shape index (κ2) is 3.67. The van der Waals surface area contributed by atoms with Crippen molar-refractivity contribution in [2.45, 2.75) is 6.42 Å². The molecule has 0 aromatic carbocycles. The van der Waals surface area contributed by atoms with E-state index >= 15 is 0 Å². The lowest BCUT2D eigenvalue weighted by Gasteiger charge is -2.14. The van der Waals surface area contributed by atoms with Gasteiger partial charge in [0.2, 0.25) is 0 Å². The first-order chi connectivity index (χ1) is 5.22. The summed E-state index contributed by atoms with van der Waals surface area (Å²) in [5.74, 6) is 0.627. The lowest BCUT2D eigenvalue weighted by Crippen LogP contribution is -2.23. The standard InChI is InChI=1S/C7H15N3O/c1-9-4-3-7(5-9)6-10(2)8-11/h7H,3-6H2,1-2H3. The number of nitrogens with zero attached hydrogens (tertiary/aromatic N) is 3. The largest absolute Gasteiger partial charge is 0.306 e. The predicted octanol–water partition coefficient (Wildman–Crippen LogP) is 0.551. The highest BCUT2D eigenvalue weighted by atomic mass is 16.3. The van der Waals surface area contributed by atoms with E-state index in [9.17, 15) is 4.91 Å². The molecule has 1 aliphatic rings. The predicted molar refractivity (Wildman–Crippen MR) is 44.0 cm³/mol. The molecule has 0 amide bonds.